The lowest BCUT2D eigenvalue weighted by molar-refractivity contribution is -0.152. The van der Waals surface area contributed by atoms with Crippen LogP contribution in [0.2, 0.25) is 0 Å². The van der Waals surface area contributed by atoms with Crippen LogP contribution < -0.4 is 10.1 Å². The fourth-order valence-corrected chi connectivity index (χ4v) is 1.44. The van der Waals surface area contributed by atoms with Crippen molar-refractivity contribution in [2.45, 2.75) is 6.92 Å². The molecule has 0 aromatic heterocycles. The predicted molar refractivity (Wildman–Crippen MR) is 72.9 cm³/mol. The van der Waals surface area contributed by atoms with Crippen molar-refractivity contribution in [1.29, 1.82) is 0 Å². The lowest BCUT2D eigenvalue weighted by Gasteiger charge is -2.08. The van der Waals surface area contributed by atoms with Crippen molar-refractivity contribution in [1.82, 2.24) is 5.32 Å². The summed E-state index contributed by atoms with van der Waals surface area (Å²) in [5, 5.41) is 2.11. The summed E-state index contributed by atoms with van der Waals surface area (Å²) in [7, 11) is 1.42. The van der Waals surface area contributed by atoms with Crippen LogP contribution in [0.3, 0.4) is 0 Å². The van der Waals surface area contributed by atoms with Gasteiger partial charge in [0, 0.05) is 6.61 Å². The van der Waals surface area contributed by atoms with Crippen molar-refractivity contribution >= 4 is 17.8 Å². The molecule has 0 heterocycles. The highest BCUT2D eigenvalue weighted by Gasteiger charge is 2.15. The van der Waals surface area contributed by atoms with Crippen LogP contribution in [0.5, 0.6) is 5.75 Å². The molecule has 0 fully saturated rings. The van der Waals surface area contributed by atoms with Crippen LogP contribution in [0.4, 0.5) is 0 Å². The van der Waals surface area contributed by atoms with Crippen molar-refractivity contribution < 1.29 is 28.6 Å². The Morgan fingerprint density at radius 3 is 2.52 bits per heavy atom. The van der Waals surface area contributed by atoms with Crippen molar-refractivity contribution in [3.05, 3.63) is 29.8 Å². The van der Waals surface area contributed by atoms with Crippen LogP contribution in [0, 0.1) is 0 Å². The molecule has 0 saturated carbocycles. The molecule has 114 valence electrons. The zero-order valence-electron chi connectivity index (χ0n) is 11.9. The van der Waals surface area contributed by atoms with Crippen LogP contribution in [0.25, 0.3) is 0 Å². The second kappa shape index (κ2) is 8.70. The molecule has 0 atom stereocenters. The summed E-state index contributed by atoms with van der Waals surface area (Å²) >= 11 is 0. The van der Waals surface area contributed by atoms with E-state index in [4.69, 9.17) is 9.47 Å². The van der Waals surface area contributed by atoms with Crippen molar-refractivity contribution in [2.75, 3.05) is 26.9 Å². The summed E-state index contributed by atoms with van der Waals surface area (Å²) in [6.07, 6.45) is 0. The first-order valence-corrected chi connectivity index (χ1v) is 6.29. The Kier molecular flexibility index (Phi) is 6.90. The molecule has 2 amide bonds. The van der Waals surface area contributed by atoms with E-state index in [2.05, 4.69) is 10.1 Å². The smallest absolute Gasteiger partial charge is 0.332 e. The molecular formula is C14H17NO6. The maximum absolute atomic E-state index is 11.9. The number of hydrogen-bond donors (Lipinski definition) is 1. The molecule has 0 bridgehead atoms. The van der Waals surface area contributed by atoms with Crippen LogP contribution >= 0.6 is 0 Å². The number of rotatable bonds is 7. The van der Waals surface area contributed by atoms with E-state index in [9.17, 15) is 14.4 Å². The van der Waals surface area contributed by atoms with Crippen molar-refractivity contribution in [3.63, 3.8) is 0 Å². The fraction of sp³-hybridized carbons (Fsp3) is 0.357. The highest BCUT2D eigenvalue weighted by molar-refractivity contribution is 6.06. The van der Waals surface area contributed by atoms with Crippen molar-refractivity contribution in [2.24, 2.45) is 0 Å². The normalized spacial score (nSPS) is 9.81. The van der Waals surface area contributed by atoms with Gasteiger partial charge in [0.2, 0.25) is 0 Å². The van der Waals surface area contributed by atoms with Crippen molar-refractivity contribution in [3.8, 4) is 5.75 Å². The molecule has 0 aliphatic rings. The average Bonchev–Trinajstić information content (AvgIpc) is 2.50. The molecule has 0 spiro atoms. The number of imide groups is 1. The highest BCUT2D eigenvalue weighted by Crippen LogP contribution is 2.16. The van der Waals surface area contributed by atoms with E-state index in [1.54, 1.807) is 25.1 Å². The molecule has 1 aromatic carbocycles. The zero-order chi connectivity index (χ0) is 15.7. The van der Waals surface area contributed by atoms with Crippen LogP contribution in [0.15, 0.2) is 24.3 Å². The van der Waals surface area contributed by atoms with Gasteiger partial charge in [-0.05, 0) is 19.1 Å². The molecule has 1 rings (SSSR count). The number of nitrogens with one attached hydrogen (secondary N) is 1. The number of carbonyl (C=O) groups excluding carboxylic acids is 3. The van der Waals surface area contributed by atoms with E-state index in [0.29, 0.717) is 12.4 Å². The van der Waals surface area contributed by atoms with Crippen LogP contribution in [-0.2, 0) is 19.1 Å². The van der Waals surface area contributed by atoms with E-state index in [1.165, 1.54) is 13.2 Å². The second-order valence-electron chi connectivity index (χ2n) is 3.88. The average molecular weight is 295 g/mol. The van der Waals surface area contributed by atoms with Gasteiger partial charge in [-0.3, -0.25) is 14.9 Å². The van der Waals surface area contributed by atoms with Crippen LogP contribution in [-0.4, -0.2) is 44.7 Å². The van der Waals surface area contributed by atoms with Gasteiger partial charge < -0.3 is 14.2 Å². The van der Waals surface area contributed by atoms with E-state index in [1.807, 2.05) is 0 Å². The van der Waals surface area contributed by atoms with Gasteiger partial charge in [0.1, 0.15) is 12.4 Å². The molecule has 1 aromatic rings. The van der Waals surface area contributed by atoms with Crippen LogP contribution in [0.1, 0.15) is 17.3 Å². The van der Waals surface area contributed by atoms with Gasteiger partial charge >= 0.3 is 5.97 Å². The first kappa shape index (κ1) is 16.6. The molecule has 0 radical (unpaired) electrons. The third-order valence-corrected chi connectivity index (χ3v) is 2.39. The third-order valence-electron chi connectivity index (χ3n) is 2.39. The largest absolute Gasteiger partial charge is 0.496 e. The number of hydrogen-bond acceptors (Lipinski definition) is 6. The first-order chi connectivity index (χ1) is 10.1. The van der Waals surface area contributed by atoms with E-state index in [-0.39, 0.29) is 12.2 Å². The predicted octanol–water partition coefficient (Wildman–Crippen LogP) is 0.531. The Morgan fingerprint density at radius 2 is 1.86 bits per heavy atom. The number of para-hydroxylation sites is 1. The number of carbonyl (C=O) groups is 3. The fourth-order valence-electron chi connectivity index (χ4n) is 1.44. The molecule has 0 aliphatic carbocycles. The monoisotopic (exact) mass is 295 g/mol. The zero-order valence-corrected chi connectivity index (χ0v) is 11.9. The molecule has 0 unspecified atom stereocenters. The first-order valence-electron chi connectivity index (χ1n) is 6.29. The van der Waals surface area contributed by atoms with Gasteiger partial charge in [0.25, 0.3) is 11.8 Å². The molecule has 1 N–H and O–H groups in total. The Hall–Kier alpha value is -2.41. The van der Waals surface area contributed by atoms with E-state index in [0.717, 1.165) is 0 Å². The van der Waals surface area contributed by atoms with Gasteiger partial charge in [-0.1, -0.05) is 12.1 Å². The third kappa shape index (κ3) is 5.62. The summed E-state index contributed by atoms with van der Waals surface area (Å²) in [5.74, 6) is -1.68. The molecule has 0 aliphatic heterocycles. The Morgan fingerprint density at radius 1 is 1.14 bits per heavy atom. The Bertz CT molecular complexity index is 514. The Balaban J connectivity index is 2.47. The summed E-state index contributed by atoms with van der Waals surface area (Å²) in [6.45, 7) is 1.32. The number of esters is 1. The summed E-state index contributed by atoms with van der Waals surface area (Å²) in [5.41, 5.74) is 0.217. The molecule has 21 heavy (non-hydrogen) atoms. The number of ether oxygens (including phenoxy) is 3. The van der Waals surface area contributed by atoms with E-state index >= 15 is 0 Å². The minimum Gasteiger partial charge on any atom is -0.496 e. The van der Waals surface area contributed by atoms with Gasteiger partial charge in [-0.15, -0.1) is 0 Å². The standard InChI is InChI=1S/C14H17NO6/c1-3-20-9-13(17)21-8-12(16)15-14(18)10-6-4-5-7-11(10)19-2/h4-7H,3,8-9H2,1-2H3,(H,15,16,18). The summed E-state index contributed by atoms with van der Waals surface area (Å²) in [6, 6.07) is 6.46. The van der Waals surface area contributed by atoms with Gasteiger partial charge in [-0.2, -0.15) is 0 Å². The SMILES string of the molecule is CCOCC(=O)OCC(=O)NC(=O)c1ccccc1OC. The molecular weight excluding hydrogens is 278 g/mol. The molecule has 7 nitrogen and oxygen atoms in total. The van der Waals surface area contributed by atoms with Gasteiger partial charge in [-0.25, -0.2) is 4.79 Å². The lowest BCUT2D eigenvalue weighted by Crippen LogP contribution is -2.34. The molecule has 7 heteroatoms. The minimum atomic E-state index is -0.726. The second-order valence-corrected chi connectivity index (χ2v) is 3.88. The Labute approximate surface area is 122 Å². The number of amides is 2. The van der Waals surface area contributed by atoms with Gasteiger partial charge in [0.15, 0.2) is 6.61 Å². The molecule has 0 saturated heterocycles. The minimum absolute atomic E-state index is 0.217. The topological polar surface area (TPSA) is 90.9 Å². The summed E-state index contributed by atoms with van der Waals surface area (Å²) < 4.78 is 14.5. The highest BCUT2D eigenvalue weighted by atomic mass is 16.6. The quantitative estimate of drug-likeness (QED) is 0.738. The number of benzene rings is 1. The summed E-state index contributed by atoms with van der Waals surface area (Å²) in [4.78, 5) is 34.5. The van der Waals surface area contributed by atoms with Gasteiger partial charge in [0.05, 0.1) is 12.7 Å². The lowest BCUT2D eigenvalue weighted by atomic mass is 10.2. The number of methoxy groups -OCH3 is 1. The van der Waals surface area contributed by atoms with E-state index < -0.39 is 24.4 Å². The maximum atomic E-state index is 11.9. The maximum Gasteiger partial charge on any atom is 0.332 e.